The van der Waals surface area contributed by atoms with Crippen LogP contribution in [-0.2, 0) is 6.54 Å². The van der Waals surface area contributed by atoms with Crippen LogP contribution in [0.5, 0.6) is 11.5 Å². The van der Waals surface area contributed by atoms with Crippen molar-refractivity contribution < 1.29 is 14.6 Å². The van der Waals surface area contributed by atoms with Gasteiger partial charge in [0, 0.05) is 18.0 Å². The first-order valence-corrected chi connectivity index (χ1v) is 8.79. The summed E-state index contributed by atoms with van der Waals surface area (Å²) in [6.45, 7) is 4.91. The van der Waals surface area contributed by atoms with Crippen molar-refractivity contribution >= 4 is 11.3 Å². The Bertz CT molecular complexity index is 542. The first-order chi connectivity index (χ1) is 11.2. The van der Waals surface area contributed by atoms with E-state index in [0.29, 0.717) is 6.54 Å². The molecular weight excluding hydrogens is 310 g/mol. The fraction of sp³-hybridized carbons (Fsp3) is 0.444. The number of ether oxygens (including phenoxy) is 2. The molecule has 0 saturated carbocycles. The standard InChI is InChI=1S/C18H25NO3S/c1-3-10-19(13-18-5-4-11-23-18)12-15(20)14-22-17-8-6-16(21-2)7-9-17/h4-9,11,15,20H,3,10,12-14H2,1-2H3/t15-/m1/s1. The molecule has 0 aliphatic rings. The summed E-state index contributed by atoms with van der Waals surface area (Å²) in [5.41, 5.74) is 0. The Hall–Kier alpha value is -1.56. The molecule has 0 radical (unpaired) electrons. The first kappa shape index (κ1) is 17.8. The molecule has 0 unspecified atom stereocenters. The number of aliphatic hydroxyl groups is 1. The zero-order valence-electron chi connectivity index (χ0n) is 13.8. The van der Waals surface area contributed by atoms with Crippen LogP contribution in [0.1, 0.15) is 18.2 Å². The van der Waals surface area contributed by atoms with E-state index in [9.17, 15) is 5.11 Å². The van der Waals surface area contributed by atoms with Gasteiger partial charge in [-0.05, 0) is 48.7 Å². The van der Waals surface area contributed by atoms with Crippen LogP contribution in [0.3, 0.4) is 0 Å². The number of aliphatic hydroxyl groups excluding tert-OH is 1. The molecule has 0 amide bonds. The molecule has 1 N–H and O–H groups in total. The minimum atomic E-state index is -0.511. The van der Waals surface area contributed by atoms with Crippen LogP contribution in [0.2, 0.25) is 0 Å². The molecule has 2 rings (SSSR count). The molecule has 0 fully saturated rings. The van der Waals surface area contributed by atoms with Crippen LogP contribution in [0.25, 0.3) is 0 Å². The lowest BCUT2D eigenvalue weighted by Crippen LogP contribution is -2.35. The molecule has 0 saturated heterocycles. The first-order valence-electron chi connectivity index (χ1n) is 7.91. The third-order valence-electron chi connectivity index (χ3n) is 3.47. The topological polar surface area (TPSA) is 41.9 Å². The van der Waals surface area contributed by atoms with E-state index < -0.39 is 6.10 Å². The number of rotatable bonds is 10. The number of hydrogen-bond donors (Lipinski definition) is 1. The van der Waals surface area contributed by atoms with Crippen molar-refractivity contribution in [1.82, 2.24) is 4.90 Å². The minimum Gasteiger partial charge on any atom is -0.497 e. The second-order valence-corrected chi connectivity index (χ2v) is 6.49. The van der Waals surface area contributed by atoms with Crippen molar-refractivity contribution in [1.29, 1.82) is 0 Å². The number of hydrogen-bond acceptors (Lipinski definition) is 5. The van der Waals surface area contributed by atoms with E-state index in [-0.39, 0.29) is 6.61 Å². The number of methoxy groups -OCH3 is 1. The molecule has 0 aliphatic carbocycles. The highest BCUT2D eigenvalue weighted by Gasteiger charge is 2.13. The Morgan fingerprint density at radius 3 is 2.52 bits per heavy atom. The Labute approximate surface area is 142 Å². The maximum atomic E-state index is 10.2. The Morgan fingerprint density at radius 2 is 1.91 bits per heavy atom. The summed E-state index contributed by atoms with van der Waals surface area (Å²) < 4.78 is 10.8. The summed E-state index contributed by atoms with van der Waals surface area (Å²) in [6, 6.07) is 11.6. The van der Waals surface area contributed by atoms with Gasteiger partial charge in [-0.3, -0.25) is 4.90 Å². The fourth-order valence-electron chi connectivity index (χ4n) is 2.39. The third-order valence-corrected chi connectivity index (χ3v) is 4.33. The van der Waals surface area contributed by atoms with Gasteiger partial charge in [-0.25, -0.2) is 0 Å². The summed E-state index contributed by atoms with van der Waals surface area (Å²) in [5, 5.41) is 12.3. The quantitative estimate of drug-likeness (QED) is 0.722. The van der Waals surface area contributed by atoms with Gasteiger partial charge >= 0.3 is 0 Å². The van der Waals surface area contributed by atoms with Crippen LogP contribution < -0.4 is 9.47 Å². The molecule has 1 heterocycles. The van der Waals surface area contributed by atoms with Crippen LogP contribution in [0, 0.1) is 0 Å². The normalized spacial score (nSPS) is 12.3. The average molecular weight is 335 g/mol. The number of benzene rings is 1. The zero-order valence-corrected chi connectivity index (χ0v) is 14.6. The van der Waals surface area contributed by atoms with Gasteiger partial charge in [0.05, 0.1) is 7.11 Å². The summed E-state index contributed by atoms with van der Waals surface area (Å²) in [7, 11) is 1.63. The smallest absolute Gasteiger partial charge is 0.119 e. The second kappa shape index (κ2) is 9.55. The SMILES string of the molecule is CCCN(Cc1cccs1)C[C@@H](O)COc1ccc(OC)cc1. The molecule has 0 aliphatic heterocycles. The number of thiophene rings is 1. The van der Waals surface area contributed by atoms with Crippen molar-refractivity contribution in [2.45, 2.75) is 26.0 Å². The monoisotopic (exact) mass is 335 g/mol. The predicted molar refractivity (Wildman–Crippen MR) is 94.4 cm³/mol. The summed E-state index contributed by atoms with van der Waals surface area (Å²) in [6.07, 6.45) is 0.556. The molecule has 1 aromatic carbocycles. The van der Waals surface area contributed by atoms with E-state index in [1.54, 1.807) is 18.4 Å². The summed E-state index contributed by atoms with van der Waals surface area (Å²) in [5.74, 6) is 1.54. The fourth-order valence-corrected chi connectivity index (χ4v) is 3.14. The Morgan fingerprint density at radius 1 is 1.17 bits per heavy atom. The maximum Gasteiger partial charge on any atom is 0.119 e. The molecule has 2 aromatic rings. The number of nitrogens with zero attached hydrogens (tertiary/aromatic N) is 1. The molecule has 1 aromatic heterocycles. The summed E-state index contributed by atoms with van der Waals surface area (Å²) in [4.78, 5) is 3.59. The van der Waals surface area contributed by atoms with E-state index >= 15 is 0 Å². The van der Waals surface area contributed by atoms with Crippen molar-refractivity contribution in [3.05, 3.63) is 46.7 Å². The molecule has 126 valence electrons. The minimum absolute atomic E-state index is 0.289. The van der Waals surface area contributed by atoms with Gasteiger partial charge < -0.3 is 14.6 Å². The highest BCUT2D eigenvalue weighted by atomic mass is 32.1. The molecular formula is C18H25NO3S. The Kier molecular flexibility index (Phi) is 7.39. The van der Waals surface area contributed by atoms with Crippen molar-refractivity contribution in [3.8, 4) is 11.5 Å². The van der Waals surface area contributed by atoms with Gasteiger partial charge in [0.25, 0.3) is 0 Å². The van der Waals surface area contributed by atoms with Crippen molar-refractivity contribution in [2.75, 3.05) is 26.8 Å². The van der Waals surface area contributed by atoms with Gasteiger partial charge in [-0.15, -0.1) is 11.3 Å². The Balaban J connectivity index is 1.79. The van der Waals surface area contributed by atoms with E-state index in [1.807, 2.05) is 24.3 Å². The third kappa shape index (κ3) is 6.22. The van der Waals surface area contributed by atoms with Crippen molar-refractivity contribution in [2.24, 2.45) is 0 Å². The highest BCUT2D eigenvalue weighted by Crippen LogP contribution is 2.17. The van der Waals surface area contributed by atoms with Gasteiger partial charge in [0.2, 0.25) is 0 Å². The van der Waals surface area contributed by atoms with Crippen LogP contribution >= 0.6 is 11.3 Å². The molecule has 0 bridgehead atoms. The van der Waals surface area contributed by atoms with Crippen molar-refractivity contribution in [3.63, 3.8) is 0 Å². The van der Waals surface area contributed by atoms with E-state index in [4.69, 9.17) is 9.47 Å². The largest absolute Gasteiger partial charge is 0.497 e. The van der Waals surface area contributed by atoms with Gasteiger partial charge in [-0.1, -0.05) is 13.0 Å². The summed E-state index contributed by atoms with van der Waals surface area (Å²) >= 11 is 1.75. The second-order valence-electron chi connectivity index (χ2n) is 5.45. The lowest BCUT2D eigenvalue weighted by molar-refractivity contribution is 0.0659. The zero-order chi connectivity index (χ0) is 16.5. The molecule has 0 spiro atoms. The van der Waals surface area contributed by atoms with E-state index in [0.717, 1.165) is 31.0 Å². The molecule has 5 heteroatoms. The van der Waals surface area contributed by atoms with Gasteiger partial charge in [0.15, 0.2) is 0 Å². The predicted octanol–water partition coefficient (Wildman–Crippen LogP) is 3.41. The lowest BCUT2D eigenvalue weighted by atomic mass is 10.3. The molecule has 1 atom stereocenters. The lowest BCUT2D eigenvalue weighted by Gasteiger charge is -2.24. The van der Waals surface area contributed by atoms with Crippen LogP contribution in [0.4, 0.5) is 0 Å². The van der Waals surface area contributed by atoms with E-state index in [1.165, 1.54) is 4.88 Å². The van der Waals surface area contributed by atoms with Gasteiger partial charge in [-0.2, -0.15) is 0 Å². The highest BCUT2D eigenvalue weighted by molar-refractivity contribution is 7.09. The average Bonchev–Trinajstić information content (AvgIpc) is 3.06. The molecule has 23 heavy (non-hydrogen) atoms. The van der Waals surface area contributed by atoms with Crippen LogP contribution in [-0.4, -0.2) is 42.9 Å². The maximum absolute atomic E-state index is 10.2. The van der Waals surface area contributed by atoms with Gasteiger partial charge in [0.1, 0.15) is 24.2 Å². The molecule has 4 nitrogen and oxygen atoms in total. The van der Waals surface area contributed by atoms with Crippen LogP contribution in [0.15, 0.2) is 41.8 Å². The van der Waals surface area contributed by atoms with E-state index in [2.05, 4.69) is 29.3 Å².